The number of amides is 2. The Labute approximate surface area is 199 Å². The molecule has 0 bridgehead atoms. The number of nitrogens with one attached hydrogen (secondary N) is 2. The van der Waals surface area contributed by atoms with Gasteiger partial charge < -0.3 is 20.5 Å². The van der Waals surface area contributed by atoms with E-state index in [1.165, 1.54) is 0 Å². The van der Waals surface area contributed by atoms with Crippen molar-refractivity contribution in [3.8, 4) is 11.1 Å². The van der Waals surface area contributed by atoms with E-state index in [2.05, 4.69) is 34.9 Å². The smallest absolute Gasteiger partial charge is 0.407 e. The van der Waals surface area contributed by atoms with Crippen LogP contribution in [0.2, 0.25) is 0 Å². The first-order chi connectivity index (χ1) is 16.5. The van der Waals surface area contributed by atoms with Crippen molar-refractivity contribution in [2.45, 2.75) is 50.6 Å². The molecule has 34 heavy (non-hydrogen) atoms. The summed E-state index contributed by atoms with van der Waals surface area (Å²) in [6.07, 6.45) is 4.58. The zero-order valence-corrected chi connectivity index (χ0v) is 19.2. The van der Waals surface area contributed by atoms with Crippen molar-refractivity contribution in [3.63, 3.8) is 0 Å². The van der Waals surface area contributed by atoms with Crippen molar-refractivity contribution in [1.82, 2.24) is 10.6 Å². The lowest BCUT2D eigenvalue weighted by Crippen LogP contribution is -2.43. The Morgan fingerprint density at radius 2 is 1.71 bits per heavy atom. The quantitative estimate of drug-likeness (QED) is 0.509. The average Bonchev–Trinajstić information content (AvgIpc) is 3.16. The number of benzene rings is 2. The van der Waals surface area contributed by atoms with Crippen LogP contribution in [-0.2, 0) is 14.3 Å². The summed E-state index contributed by atoms with van der Waals surface area (Å²) < 4.78 is 5.59. The molecular weight excluding hydrogens is 432 g/mol. The molecule has 3 N–H and O–H groups in total. The Morgan fingerprint density at radius 1 is 1.06 bits per heavy atom. The third-order valence-corrected chi connectivity index (χ3v) is 6.61. The van der Waals surface area contributed by atoms with Gasteiger partial charge in [-0.1, -0.05) is 67.6 Å². The van der Waals surface area contributed by atoms with Gasteiger partial charge in [0.05, 0.1) is 5.92 Å². The third-order valence-electron chi connectivity index (χ3n) is 6.61. The van der Waals surface area contributed by atoms with Crippen molar-refractivity contribution >= 4 is 18.0 Å². The van der Waals surface area contributed by atoms with Gasteiger partial charge in [-0.15, -0.1) is 0 Å². The lowest BCUT2D eigenvalue weighted by molar-refractivity contribution is -0.142. The second-order valence-corrected chi connectivity index (χ2v) is 8.89. The minimum Gasteiger partial charge on any atom is -0.481 e. The van der Waals surface area contributed by atoms with Crippen LogP contribution in [0.3, 0.4) is 0 Å². The van der Waals surface area contributed by atoms with Crippen molar-refractivity contribution in [1.29, 1.82) is 0 Å². The summed E-state index contributed by atoms with van der Waals surface area (Å²) in [5.74, 6) is -1.60. The molecule has 3 unspecified atom stereocenters. The van der Waals surface area contributed by atoms with Gasteiger partial charge >= 0.3 is 12.1 Å². The average molecular weight is 463 g/mol. The highest BCUT2D eigenvalue weighted by atomic mass is 16.5. The van der Waals surface area contributed by atoms with E-state index in [1.54, 1.807) is 6.08 Å². The monoisotopic (exact) mass is 462 g/mol. The number of rotatable bonds is 8. The molecule has 2 aliphatic rings. The molecule has 0 saturated carbocycles. The number of fused-ring (bicyclic) bond motifs is 3. The molecule has 0 heterocycles. The standard InChI is InChI=1S/C27H30N2O5/c1-2-18(15-25(30)28-19-9-7-8-17(14-19)26(31)32)29-27(33)34-16-24-22-12-5-3-10-20(22)21-11-4-6-13-23(21)24/h3-7,9-13,17-19,24H,2,8,14-16H2,1H3,(H,28,30)(H,29,33)(H,31,32). The van der Waals surface area contributed by atoms with E-state index in [1.807, 2.05) is 37.3 Å². The normalized spacial score (nSPS) is 19.6. The zero-order chi connectivity index (χ0) is 24.1. The fourth-order valence-corrected chi connectivity index (χ4v) is 4.79. The molecule has 3 atom stereocenters. The molecular formula is C27H30N2O5. The molecule has 7 heteroatoms. The molecule has 2 amide bonds. The van der Waals surface area contributed by atoms with Crippen LogP contribution >= 0.6 is 0 Å². The maximum absolute atomic E-state index is 12.5. The van der Waals surface area contributed by atoms with Gasteiger partial charge in [-0.25, -0.2) is 4.79 Å². The zero-order valence-electron chi connectivity index (χ0n) is 19.2. The first-order valence-corrected chi connectivity index (χ1v) is 11.8. The number of hydrogen-bond donors (Lipinski definition) is 3. The fourth-order valence-electron chi connectivity index (χ4n) is 4.79. The fraction of sp³-hybridized carbons (Fsp3) is 0.370. The number of hydrogen-bond acceptors (Lipinski definition) is 4. The number of carbonyl (C=O) groups excluding carboxylic acids is 2. The first kappa shape index (κ1) is 23.5. The SMILES string of the molecule is CCC(CC(=O)NC1C=CCC(C(=O)O)C1)NC(=O)OCC1c2ccccc2-c2ccccc21. The van der Waals surface area contributed by atoms with Crippen molar-refractivity contribution in [3.05, 3.63) is 71.8 Å². The van der Waals surface area contributed by atoms with Gasteiger partial charge in [0.1, 0.15) is 6.61 Å². The summed E-state index contributed by atoms with van der Waals surface area (Å²) in [4.78, 5) is 36.3. The van der Waals surface area contributed by atoms with Gasteiger partial charge in [0, 0.05) is 24.4 Å². The summed E-state index contributed by atoms with van der Waals surface area (Å²) in [7, 11) is 0. The van der Waals surface area contributed by atoms with Gasteiger partial charge in [0.15, 0.2) is 0 Å². The Hall–Kier alpha value is -3.61. The van der Waals surface area contributed by atoms with Gasteiger partial charge in [-0.3, -0.25) is 9.59 Å². The van der Waals surface area contributed by atoms with Crippen LogP contribution in [-0.4, -0.2) is 41.8 Å². The van der Waals surface area contributed by atoms with Gasteiger partial charge in [0.2, 0.25) is 5.91 Å². The summed E-state index contributed by atoms with van der Waals surface area (Å²) in [6, 6.07) is 15.6. The molecule has 0 saturated heterocycles. The maximum atomic E-state index is 12.5. The van der Waals surface area contributed by atoms with Crippen molar-refractivity contribution < 1.29 is 24.2 Å². The number of ether oxygens (including phenoxy) is 1. The lowest BCUT2D eigenvalue weighted by atomic mass is 9.91. The number of aliphatic carboxylic acids is 1. The lowest BCUT2D eigenvalue weighted by Gasteiger charge is -2.24. The van der Waals surface area contributed by atoms with Crippen LogP contribution in [0.25, 0.3) is 11.1 Å². The summed E-state index contributed by atoms with van der Waals surface area (Å²) in [5.41, 5.74) is 4.61. The second kappa shape index (κ2) is 10.5. The molecule has 0 radical (unpaired) electrons. The largest absolute Gasteiger partial charge is 0.481 e. The summed E-state index contributed by atoms with van der Waals surface area (Å²) in [5, 5.41) is 14.9. The topological polar surface area (TPSA) is 105 Å². The molecule has 2 aromatic carbocycles. The van der Waals surface area contributed by atoms with Crippen LogP contribution < -0.4 is 10.6 Å². The van der Waals surface area contributed by atoms with Crippen molar-refractivity contribution in [2.24, 2.45) is 5.92 Å². The van der Waals surface area contributed by atoms with Crippen LogP contribution in [0.15, 0.2) is 60.7 Å². The molecule has 0 aromatic heterocycles. The van der Waals surface area contributed by atoms with E-state index < -0.39 is 18.0 Å². The number of allylic oxidation sites excluding steroid dienone is 1. The molecule has 0 aliphatic heterocycles. The summed E-state index contributed by atoms with van der Waals surface area (Å²) in [6.45, 7) is 2.11. The summed E-state index contributed by atoms with van der Waals surface area (Å²) >= 11 is 0. The molecule has 0 spiro atoms. The molecule has 2 aliphatic carbocycles. The number of carboxylic acid groups (broad SMARTS) is 1. The van der Waals surface area contributed by atoms with Gasteiger partial charge in [-0.2, -0.15) is 0 Å². The molecule has 178 valence electrons. The number of alkyl carbamates (subject to hydrolysis) is 1. The predicted octanol–water partition coefficient (Wildman–Crippen LogP) is 4.23. The van der Waals surface area contributed by atoms with Crippen LogP contribution in [0.1, 0.15) is 49.7 Å². The van der Waals surface area contributed by atoms with E-state index in [-0.39, 0.29) is 36.9 Å². The van der Waals surface area contributed by atoms with Gasteiger partial charge in [-0.05, 0) is 41.5 Å². The molecule has 4 rings (SSSR count). The minimum absolute atomic E-state index is 0.0261. The Bertz CT molecular complexity index is 1050. The Morgan fingerprint density at radius 3 is 2.32 bits per heavy atom. The Kier molecular flexibility index (Phi) is 7.30. The Balaban J connectivity index is 1.29. The highest BCUT2D eigenvalue weighted by Gasteiger charge is 2.29. The second-order valence-electron chi connectivity index (χ2n) is 8.89. The minimum atomic E-state index is -0.855. The molecule has 0 fully saturated rings. The van der Waals surface area contributed by atoms with E-state index in [0.29, 0.717) is 19.3 Å². The van der Waals surface area contributed by atoms with Gasteiger partial charge in [0.25, 0.3) is 0 Å². The number of carbonyl (C=O) groups is 3. The molecule has 2 aromatic rings. The highest BCUT2D eigenvalue weighted by molar-refractivity contribution is 5.80. The predicted molar refractivity (Wildman–Crippen MR) is 128 cm³/mol. The van der Waals surface area contributed by atoms with E-state index in [0.717, 1.165) is 22.3 Å². The van der Waals surface area contributed by atoms with E-state index in [9.17, 15) is 19.5 Å². The van der Waals surface area contributed by atoms with E-state index in [4.69, 9.17) is 4.74 Å². The third kappa shape index (κ3) is 5.30. The van der Waals surface area contributed by atoms with Crippen LogP contribution in [0.4, 0.5) is 4.79 Å². The first-order valence-electron chi connectivity index (χ1n) is 11.8. The van der Waals surface area contributed by atoms with Crippen LogP contribution in [0, 0.1) is 5.92 Å². The van der Waals surface area contributed by atoms with Crippen LogP contribution in [0.5, 0.6) is 0 Å². The van der Waals surface area contributed by atoms with Crippen molar-refractivity contribution in [2.75, 3.05) is 6.61 Å². The van der Waals surface area contributed by atoms with E-state index >= 15 is 0 Å². The highest BCUT2D eigenvalue weighted by Crippen LogP contribution is 2.44. The molecule has 7 nitrogen and oxygen atoms in total. The maximum Gasteiger partial charge on any atom is 0.407 e. The number of carboxylic acids is 1.